The molecule has 0 aliphatic carbocycles. The monoisotopic (exact) mass is 1810 g/mol. The Morgan fingerprint density at radius 3 is 0.700 bits per heavy atom. The lowest BCUT2D eigenvalue weighted by Crippen LogP contribution is -2.28. The first-order chi connectivity index (χ1) is 64.0. The van der Waals surface area contributed by atoms with Crippen molar-refractivity contribution in [3.63, 3.8) is 0 Å². The minimum Gasteiger partial charge on any atom is -0.422 e. The van der Waals surface area contributed by atoms with E-state index < -0.39 is 11.9 Å². The van der Waals surface area contributed by atoms with Crippen molar-refractivity contribution < 1.29 is 28.7 Å². The van der Waals surface area contributed by atoms with Crippen LogP contribution in [0, 0.1) is 25.7 Å². The van der Waals surface area contributed by atoms with Gasteiger partial charge in [0.1, 0.15) is 11.5 Å². The fourth-order valence-corrected chi connectivity index (χ4v) is 23.6. The number of hydrogen-bond acceptors (Lipinski definition) is 8. The minimum absolute atomic E-state index is 0.162. The van der Waals surface area contributed by atoms with Gasteiger partial charge in [0.2, 0.25) is 0 Å². The topological polar surface area (TPSA) is 93.2 Å². The average Bonchev–Trinajstić information content (AvgIpc) is 1.56. The number of rotatable bonds is 78. The van der Waals surface area contributed by atoms with E-state index in [4.69, 9.17) is 9.47 Å². The van der Waals surface area contributed by atoms with E-state index in [1.807, 2.05) is 34.1 Å². The highest BCUT2D eigenvalue weighted by atomic mass is 32.1. The standard InChI is InChI=1S/C120H182N2O6S2/c1-7-11-15-19-23-27-31-35-39-43-47-51-55-59-63-67-73-97(74-68-64-60-56-52-48-44-40-36-32-28-24-20-16-12-8-2)77-71-91-121-107-93-99(109-89-79-95(5)129-109)81-83-103(107)111(117(121)123)113-105-87-85-102-101(115(105)127-119(113)125)86-88-106-114(120(126)128-116(102)106)112-104-84-82-100(110-90-80-96(6)130-110)94-108(104)122(118(112)124)92-72-78-98(75-69-65-61-57-53-49-45-41-37-33-29-25-21-17-13-9-3)76-70-66-62-58-54-50-46-42-38-34-30-26-22-18-14-10-4/h79-90,93-94,97-98H,7-78,91-92H2,1-6H3/b113-111+,114-112+. The predicted molar refractivity (Wildman–Crippen MR) is 565 cm³/mol. The summed E-state index contributed by atoms with van der Waals surface area (Å²) in [5.74, 6) is 0.478. The van der Waals surface area contributed by atoms with Gasteiger partial charge in [0.25, 0.3) is 11.8 Å². The molecule has 10 rings (SSSR count). The molecule has 10 heteroatoms. The van der Waals surface area contributed by atoms with Gasteiger partial charge in [-0.15, -0.1) is 22.7 Å². The lowest BCUT2D eigenvalue weighted by molar-refractivity contribution is -0.127. The molecule has 8 nitrogen and oxygen atoms in total. The molecular formula is C120H182N2O6S2. The molecule has 0 atom stereocenters. The largest absolute Gasteiger partial charge is 0.422 e. The van der Waals surface area contributed by atoms with E-state index in [-0.39, 0.29) is 23.0 Å². The lowest BCUT2D eigenvalue weighted by atomic mass is 9.90. The van der Waals surface area contributed by atoms with Crippen molar-refractivity contribution in [1.82, 2.24) is 0 Å². The van der Waals surface area contributed by atoms with Gasteiger partial charge in [-0.3, -0.25) is 9.59 Å². The Balaban J connectivity index is 0.802. The molecule has 0 saturated heterocycles. The summed E-state index contributed by atoms with van der Waals surface area (Å²) in [6.45, 7) is 14.6. The summed E-state index contributed by atoms with van der Waals surface area (Å²) in [5, 5.41) is 1.21. The van der Waals surface area contributed by atoms with Gasteiger partial charge in [-0.25, -0.2) is 9.59 Å². The number of hydrogen-bond donors (Lipinski definition) is 0. The molecule has 4 aromatic carbocycles. The number of thiophene rings is 2. The Kier molecular flexibility index (Phi) is 51.6. The number of nitrogens with zero attached hydrogens (tertiary/aromatic N) is 2. The van der Waals surface area contributed by atoms with Crippen LogP contribution in [0.5, 0.6) is 11.5 Å². The third-order valence-corrected chi connectivity index (χ3v) is 32.0. The average molecular weight is 1810 g/mol. The van der Waals surface area contributed by atoms with Crippen molar-refractivity contribution >= 4 is 90.9 Å². The van der Waals surface area contributed by atoms with Crippen LogP contribution in [-0.2, 0) is 19.2 Å². The number of carbonyl (C=O) groups excluding carboxylic acids is 4. The summed E-state index contributed by atoms with van der Waals surface area (Å²) >= 11 is 3.51. The summed E-state index contributed by atoms with van der Waals surface area (Å²) in [7, 11) is 0. The quantitative estimate of drug-likeness (QED) is 0.0163. The first kappa shape index (κ1) is 106. The highest BCUT2D eigenvalue weighted by Gasteiger charge is 2.45. The molecular weight excluding hydrogens is 1630 g/mol. The highest BCUT2D eigenvalue weighted by molar-refractivity contribution is 7.15. The van der Waals surface area contributed by atoms with Gasteiger partial charge in [0.05, 0.1) is 33.7 Å². The number of benzene rings is 4. The summed E-state index contributed by atoms with van der Waals surface area (Å²) < 4.78 is 12.8. The molecule has 0 fully saturated rings. The van der Waals surface area contributed by atoms with Crippen LogP contribution in [0.1, 0.15) is 522 Å². The fourth-order valence-electron chi connectivity index (χ4n) is 21.9. The van der Waals surface area contributed by atoms with Crippen molar-refractivity contribution in [2.45, 2.75) is 504 Å². The van der Waals surface area contributed by atoms with Crippen LogP contribution in [0.2, 0.25) is 0 Å². The molecule has 4 aliphatic rings. The lowest BCUT2D eigenvalue weighted by Gasteiger charge is -2.21. The SMILES string of the molecule is CCCCCCCCCCCCCCCCCCC(CCCCCCCCCCCCCCCCCC)CCCN1C(=O)/C(=C2/C(=O)Oc3c2ccc2c4c(ccc32)/C(=C2\C(=O)N(CCCC(CCCCCCCCCCCCCCCCCC)CCCCCCCCCCCCCCCCCC)c3cc(-c5ccc(C)s5)ccc32)C(=O)O4)c2ccc(-c3ccc(C)s3)cc21. The summed E-state index contributed by atoms with van der Waals surface area (Å²) in [4.78, 5) is 70.0. The Bertz CT molecular complexity index is 3940. The van der Waals surface area contributed by atoms with Crippen LogP contribution < -0.4 is 19.3 Å². The smallest absolute Gasteiger partial charge is 0.345 e. The third-order valence-electron chi connectivity index (χ3n) is 29.9. The second-order valence-corrected chi connectivity index (χ2v) is 43.4. The van der Waals surface area contributed by atoms with Crippen LogP contribution in [0.3, 0.4) is 0 Å². The van der Waals surface area contributed by atoms with Gasteiger partial charge in [-0.05, 0) is 123 Å². The summed E-state index contributed by atoms with van der Waals surface area (Å²) in [5.41, 5.74) is 7.74. The molecule has 0 N–H and O–H groups in total. The Hall–Kier alpha value is -6.10. The van der Waals surface area contributed by atoms with Crippen molar-refractivity contribution in [2.24, 2.45) is 11.8 Å². The van der Waals surface area contributed by atoms with Crippen LogP contribution in [0.25, 0.3) is 53.9 Å². The van der Waals surface area contributed by atoms with E-state index in [0.717, 1.165) is 69.1 Å². The first-order valence-electron chi connectivity index (χ1n) is 55.6. The summed E-state index contributed by atoms with van der Waals surface area (Å²) in [6, 6.07) is 29.0. The Morgan fingerprint density at radius 1 is 0.246 bits per heavy atom. The Labute approximate surface area is 801 Å². The van der Waals surface area contributed by atoms with Gasteiger partial charge < -0.3 is 19.3 Å². The maximum atomic E-state index is 15.7. The molecule has 4 aliphatic heterocycles. The number of anilines is 2. The van der Waals surface area contributed by atoms with E-state index in [9.17, 15) is 9.59 Å². The number of aryl methyl sites for hydroxylation is 2. The number of amides is 2. The van der Waals surface area contributed by atoms with Crippen LogP contribution in [0.4, 0.5) is 11.4 Å². The maximum Gasteiger partial charge on any atom is 0.345 e. The van der Waals surface area contributed by atoms with E-state index in [0.29, 0.717) is 69.5 Å². The molecule has 720 valence electrons. The number of carbonyl (C=O) groups is 4. The molecule has 2 amide bonds. The first-order valence-corrected chi connectivity index (χ1v) is 57.3. The predicted octanol–water partition coefficient (Wildman–Crippen LogP) is 38.7. The van der Waals surface area contributed by atoms with E-state index >= 15 is 9.59 Å². The molecule has 6 aromatic rings. The zero-order valence-corrected chi connectivity index (χ0v) is 85.4. The molecule has 0 bridgehead atoms. The van der Waals surface area contributed by atoms with Crippen molar-refractivity contribution in [2.75, 3.05) is 22.9 Å². The van der Waals surface area contributed by atoms with Gasteiger partial charge >= 0.3 is 11.9 Å². The molecule has 0 saturated carbocycles. The molecule has 6 heterocycles. The molecule has 0 spiro atoms. The molecule has 130 heavy (non-hydrogen) atoms. The number of ether oxygens (including phenoxy) is 2. The molecule has 2 aromatic heterocycles. The van der Waals surface area contributed by atoms with Crippen LogP contribution >= 0.6 is 22.7 Å². The van der Waals surface area contributed by atoms with Crippen molar-refractivity contribution in [3.8, 4) is 32.4 Å². The zero-order chi connectivity index (χ0) is 91.2. The van der Waals surface area contributed by atoms with Gasteiger partial charge in [-0.2, -0.15) is 0 Å². The molecule has 0 unspecified atom stereocenters. The van der Waals surface area contributed by atoms with E-state index in [1.54, 1.807) is 22.7 Å². The third kappa shape index (κ3) is 35.5. The van der Waals surface area contributed by atoms with Crippen LogP contribution in [0.15, 0.2) is 84.9 Å². The van der Waals surface area contributed by atoms with Gasteiger partial charge in [-0.1, -0.05) is 489 Å². The normalized spacial score (nSPS) is 14.8. The summed E-state index contributed by atoms with van der Waals surface area (Å²) in [6.07, 6.45) is 97.0. The van der Waals surface area contributed by atoms with Crippen molar-refractivity contribution in [3.05, 3.63) is 117 Å². The minimum atomic E-state index is -0.563. The number of fused-ring (bicyclic) bond motifs is 7. The number of unbranched alkanes of at least 4 members (excludes halogenated alkanes) is 60. The van der Waals surface area contributed by atoms with Crippen molar-refractivity contribution in [1.29, 1.82) is 0 Å². The highest BCUT2D eigenvalue weighted by Crippen LogP contribution is 2.54. The second kappa shape index (κ2) is 63.3. The van der Waals surface area contributed by atoms with E-state index in [2.05, 4.69) is 102 Å². The zero-order valence-electron chi connectivity index (χ0n) is 83.7. The second-order valence-electron chi connectivity index (χ2n) is 40.8. The number of esters is 2. The molecule has 0 radical (unpaired) electrons. The van der Waals surface area contributed by atoms with Crippen LogP contribution in [-0.4, -0.2) is 36.8 Å². The fraction of sp³-hybridized carbons (Fsp3) is 0.683. The van der Waals surface area contributed by atoms with E-state index in [1.165, 1.54) is 446 Å². The Morgan fingerprint density at radius 2 is 0.469 bits per heavy atom. The van der Waals surface area contributed by atoms with Gasteiger partial charge in [0.15, 0.2) is 0 Å². The van der Waals surface area contributed by atoms with Gasteiger partial charge in [0, 0.05) is 65.6 Å². The maximum absolute atomic E-state index is 15.7.